The number of nitrogens with one attached hydrogen (secondary N) is 7. The Hall–Kier alpha value is -7.75. The highest BCUT2D eigenvalue weighted by Crippen LogP contribution is 2.19. The summed E-state index contributed by atoms with van der Waals surface area (Å²) in [5.74, 6) is -11.0. The monoisotopic (exact) mass is 1040 g/mol. The van der Waals surface area contributed by atoms with Crippen LogP contribution in [0.2, 0.25) is 0 Å². The number of carboxylic acid groups (broad SMARTS) is 1. The lowest BCUT2D eigenvalue weighted by molar-refractivity contribution is -0.145. The van der Waals surface area contributed by atoms with E-state index in [9.17, 15) is 73.2 Å². The maximum atomic E-state index is 14.0. The number of carbonyl (C=O) groups is 11. The molecule has 0 aromatic heterocycles. The number of hydrogen-bond donors (Lipinski definition) is 15. The first-order chi connectivity index (χ1) is 35.0. The maximum Gasteiger partial charge on any atom is 0.328 e. The first kappa shape index (κ1) is 60.6. The largest absolute Gasteiger partial charge is 0.508 e. The zero-order valence-electron chi connectivity index (χ0n) is 40.8. The molecule has 9 atom stereocenters. The molecule has 1 saturated heterocycles. The molecule has 1 heterocycles. The molecule has 0 radical (unpaired) electrons. The van der Waals surface area contributed by atoms with E-state index in [-0.39, 0.29) is 57.4 Å². The van der Waals surface area contributed by atoms with Gasteiger partial charge < -0.3 is 85.5 Å². The van der Waals surface area contributed by atoms with E-state index in [4.69, 9.17) is 22.9 Å². The Labute approximate surface area is 425 Å². The number of rotatable bonds is 31. The lowest BCUT2D eigenvalue weighted by Crippen LogP contribution is -2.60. The molecule has 2 aromatic rings. The van der Waals surface area contributed by atoms with Gasteiger partial charge in [0, 0.05) is 25.8 Å². The molecular formula is C47H68N12O15. The van der Waals surface area contributed by atoms with Gasteiger partial charge in [0.05, 0.1) is 31.7 Å². The summed E-state index contributed by atoms with van der Waals surface area (Å²) in [6, 6.07) is 2.04. The van der Waals surface area contributed by atoms with E-state index in [1.54, 1.807) is 30.3 Å². The van der Waals surface area contributed by atoms with Crippen molar-refractivity contribution in [2.75, 3.05) is 26.2 Å². The quantitative estimate of drug-likeness (QED) is 0.0313. The molecule has 0 aliphatic carbocycles. The molecule has 19 N–H and O–H groups in total. The summed E-state index contributed by atoms with van der Waals surface area (Å²) in [6.07, 6.45) is -1.77. The lowest BCUT2D eigenvalue weighted by Gasteiger charge is -2.28. The molecule has 27 heteroatoms. The number of aliphatic carboxylic acids is 1. The number of likely N-dealkylation sites (tertiary alicyclic amines) is 1. The summed E-state index contributed by atoms with van der Waals surface area (Å²) in [6.45, 7) is -0.364. The second-order valence-corrected chi connectivity index (χ2v) is 17.6. The van der Waals surface area contributed by atoms with Crippen LogP contribution in [-0.4, -0.2) is 171 Å². The zero-order chi connectivity index (χ0) is 55.1. The van der Waals surface area contributed by atoms with Gasteiger partial charge in [-0.2, -0.15) is 0 Å². The number of phenols is 1. The third-order valence-electron chi connectivity index (χ3n) is 11.7. The zero-order valence-corrected chi connectivity index (χ0v) is 40.8. The molecule has 27 nitrogen and oxygen atoms in total. The molecule has 3 rings (SSSR count). The fourth-order valence-electron chi connectivity index (χ4n) is 7.66. The Morgan fingerprint density at radius 1 is 0.676 bits per heavy atom. The Morgan fingerprint density at radius 3 is 1.81 bits per heavy atom. The summed E-state index contributed by atoms with van der Waals surface area (Å²) in [5.41, 5.74) is 23.1. The van der Waals surface area contributed by atoms with Gasteiger partial charge in [-0.3, -0.25) is 47.9 Å². The number of carboxylic acids is 1. The highest BCUT2D eigenvalue weighted by Gasteiger charge is 2.38. The van der Waals surface area contributed by atoms with Gasteiger partial charge in [-0.1, -0.05) is 42.5 Å². The van der Waals surface area contributed by atoms with Crippen molar-refractivity contribution < 1.29 is 73.2 Å². The van der Waals surface area contributed by atoms with Crippen LogP contribution < -0.4 is 60.2 Å². The van der Waals surface area contributed by atoms with E-state index in [1.807, 2.05) is 0 Å². The fourth-order valence-corrected chi connectivity index (χ4v) is 7.66. The van der Waals surface area contributed by atoms with Crippen molar-refractivity contribution in [3.05, 3.63) is 65.7 Å². The number of phenolic OH excluding ortho intramolecular Hbond substituents is 1. The van der Waals surface area contributed by atoms with E-state index >= 15 is 0 Å². The fraction of sp³-hybridized carbons (Fsp3) is 0.511. The first-order valence-corrected chi connectivity index (χ1v) is 23.8. The first-order valence-electron chi connectivity index (χ1n) is 23.8. The highest BCUT2D eigenvalue weighted by molar-refractivity contribution is 5.99. The normalized spacial score (nSPS) is 16.3. The molecule has 0 saturated carbocycles. The number of nitrogens with zero attached hydrogens (tertiary/aromatic N) is 1. The predicted octanol–water partition coefficient (Wildman–Crippen LogP) is -5.75. The number of aromatic hydroxyl groups is 1. The van der Waals surface area contributed by atoms with E-state index in [0.29, 0.717) is 30.4 Å². The van der Waals surface area contributed by atoms with Crippen LogP contribution in [0.25, 0.3) is 0 Å². The van der Waals surface area contributed by atoms with Crippen LogP contribution in [0.3, 0.4) is 0 Å². The minimum atomic E-state index is -1.83. The maximum absolute atomic E-state index is 14.0. The average Bonchev–Trinajstić information content (AvgIpc) is 3.86. The minimum Gasteiger partial charge on any atom is -0.508 e. The summed E-state index contributed by atoms with van der Waals surface area (Å²) in [5, 5.41) is 56.1. The molecule has 74 heavy (non-hydrogen) atoms. The van der Waals surface area contributed by atoms with Crippen LogP contribution in [0, 0.1) is 0 Å². The number of amides is 10. The standard InChI is InChI=1S/C47H68N12O15/c1-25(61)39(47(73)74)58-45(71)32(20-26-8-3-2-4-9-26)56-46(72)35-11-7-19-59(35)38(65)23-52-41(67)34(24-60)57-44(70)33(22-37(51)64)55-43(69)31(21-27-12-14-28(62)15-13-27)54-42(68)30(10-5-6-18-48)53-40(66)29(49)16-17-36(50)63/h2-4,8-9,12-15,25,29-35,39,60-62H,5-7,10-11,16-24,48-49H2,1H3,(H2,50,63)(H2,51,64)(H,52,67)(H,53,66)(H,54,68)(H,55,69)(H,56,72)(H,57,70)(H,58,71)(H,73,74)/t25-,29+,30+,31+,32+,33+,34+,35+,39+/m1/s1. The van der Waals surface area contributed by atoms with E-state index in [0.717, 1.165) is 11.8 Å². The highest BCUT2D eigenvalue weighted by atomic mass is 16.4. The number of benzene rings is 2. The SMILES string of the molecule is C[C@@H](O)[C@H](NC(=O)[C@H](Cc1ccccc1)NC(=O)[C@@H]1CCCN1C(=O)CNC(=O)[C@H](CO)NC(=O)[C@H](CC(N)=O)NC(=O)[C@H](Cc1ccc(O)cc1)NC(=O)[C@H](CCCCN)NC(=O)[C@@H](N)CCC(N)=O)C(=O)O. The molecule has 0 unspecified atom stereocenters. The van der Waals surface area contributed by atoms with Crippen LogP contribution in [0.4, 0.5) is 0 Å². The minimum absolute atomic E-state index is 0.0293. The molecule has 0 spiro atoms. The van der Waals surface area contributed by atoms with Crippen LogP contribution in [0.15, 0.2) is 54.6 Å². The third kappa shape index (κ3) is 20.0. The summed E-state index contributed by atoms with van der Waals surface area (Å²) in [4.78, 5) is 145. The molecule has 0 bridgehead atoms. The second kappa shape index (κ2) is 30.3. The van der Waals surface area contributed by atoms with Gasteiger partial charge in [-0.25, -0.2) is 4.79 Å². The molecule has 1 aliphatic heterocycles. The summed E-state index contributed by atoms with van der Waals surface area (Å²) < 4.78 is 0. The van der Waals surface area contributed by atoms with Gasteiger partial charge in [-0.05, 0) is 75.3 Å². The molecule has 2 aromatic carbocycles. The van der Waals surface area contributed by atoms with Crippen molar-refractivity contribution >= 4 is 65.0 Å². The molecule has 1 fully saturated rings. The van der Waals surface area contributed by atoms with Crippen molar-refractivity contribution in [3.63, 3.8) is 0 Å². The van der Waals surface area contributed by atoms with Crippen molar-refractivity contribution in [1.82, 2.24) is 42.1 Å². The molecular weight excluding hydrogens is 973 g/mol. The van der Waals surface area contributed by atoms with E-state index in [1.165, 1.54) is 24.3 Å². The van der Waals surface area contributed by atoms with Crippen molar-refractivity contribution in [1.29, 1.82) is 0 Å². The van der Waals surface area contributed by atoms with Crippen molar-refractivity contribution in [2.24, 2.45) is 22.9 Å². The van der Waals surface area contributed by atoms with Gasteiger partial charge in [0.15, 0.2) is 6.04 Å². The van der Waals surface area contributed by atoms with Crippen LogP contribution >= 0.6 is 0 Å². The van der Waals surface area contributed by atoms with Crippen molar-refractivity contribution in [2.45, 2.75) is 126 Å². The summed E-state index contributed by atoms with van der Waals surface area (Å²) in [7, 11) is 0. The molecule has 406 valence electrons. The second-order valence-electron chi connectivity index (χ2n) is 17.6. The van der Waals surface area contributed by atoms with E-state index in [2.05, 4.69) is 37.2 Å². The van der Waals surface area contributed by atoms with Crippen molar-refractivity contribution in [3.8, 4) is 5.75 Å². The Bertz CT molecular complexity index is 2290. The number of hydrogen-bond acceptors (Lipinski definition) is 16. The third-order valence-corrected chi connectivity index (χ3v) is 11.7. The van der Waals surface area contributed by atoms with Crippen LogP contribution in [-0.2, 0) is 65.6 Å². The Morgan fingerprint density at radius 2 is 1.23 bits per heavy atom. The molecule has 10 amide bonds. The number of nitrogens with two attached hydrogens (primary N) is 4. The van der Waals surface area contributed by atoms with Gasteiger partial charge >= 0.3 is 5.97 Å². The number of unbranched alkanes of at least 4 members (excludes halogenated alkanes) is 1. The number of aliphatic hydroxyl groups is 2. The van der Waals surface area contributed by atoms with Gasteiger partial charge in [-0.15, -0.1) is 0 Å². The van der Waals surface area contributed by atoms with Gasteiger partial charge in [0.1, 0.15) is 42.0 Å². The van der Waals surface area contributed by atoms with E-state index < -0.39 is 139 Å². The number of primary amides is 2. The van der Waals surface area contributed by atoms with Gasteiger partial charge in [0.25, 0.3) is 0 Å². The topological polar surface area (TPSA) is 460 Å². The van der Waals surface area contributed by atoms with Gasteiger partial charge in [0.2, 0.25) is 59.1 Å². The number of aliphatic hydroxyl groups excluding tert-OH is 2. The molecule has 1 aliphatic rings. The summed E-state index contributed by atoms with van der Waals surface area (Å²) >= 11 is 0. The Balaban J connectivity index is 1.75. The number of carbonyl (C=O) groups excluding carboxylic acids is 10. The smallest absolute Gasteiger partial charge is 0.328 e. The lowest BCUT2D eigenvalue weighted by atomic mass is 10.0. The van der Waals surface area contributed by atoms with Crippen LogP contribution in [0.5, 0.6) is 5.75 Å². The average molecular weight is 1040 g/mol. The predicted molar refractivity (Wildman–Crippen MR) is 261 cm³/mol. The van der Waals surface area contributed by atoms with Crippen LogP contribution in [0.1, 0.15) is 69.4 Å². The Kier molecular flexibility index (Phi) is 24.8.